The Kier molecular flexibility index (Phi) is 6.17. The minimum absolute atomic E-state index is 0.0533. The second-order valence-electron chi connectivity index (χ2n) is 7.73. The monoisotopic (exact) mass is 431 g/mol. The van der Waals surface area contributed by atoms with Crippen LogP contribution in [0.15, 0.2) is 10.9 Å². The van der Waals surface area contributed by atoms with E-state index in [4.69, 9.17) is 19.2 Å². The number of rotatable bonds is 3. The second kappa shape index (κ2) is 9.01. The number of aromatic nitrogens is 2. The van der Waals surface area contributed by atoms with Gasteiger partial charge >= 0.3 is 6.03 Å². The van der Waals surface area contributed by atoms with E-state index in [9.17, 15) is 9.59 Å². The van der Waals surface area contributed by atoms with Gasteiger partial charge in [-0.05, 0) is 13.3 Å². The number of carbonyl (C=O) groups excluding carboxylic acids is 1. The molecule has 1 aromatic carbocycles. The Bertz CT molecular complexity index is 1020. The van der Waals surface area contributed by atoms with Crippen molar-refractivity contribution in [2.75, 3.05) is 71.6 Å². The predicted octanol–water partition coefficient (Wildman–Crippen LogP) is 1.21. The molecular formula is C21H29N5O5. The van der Waals surface area contributed by atoms with E-state index in [-0.39, 0.29) is 11.6 Å². The van der Waals surface area contributed by atoms with E-state index >= 15 is 0 Å². The highest BCUT2D eigenvalue weighted by atomic mass is 16.5. The number of nitrogens with one attached hydrogen (secondary N) is 1. The molecule has 2 fully saturated rings. The van der Waals surface area contributed by atoms with E-state index in [0.717, 1.165) is 6.42 Å². The molecule has 2 aliphatic heterocycles. The van der Waals surface area contributed by atoms with E-state index in [1.165, 1.54) is 0 Å². The first-order valence-corrected chi connectivity index (χ1v) is 10.6. The number of H-pyrrole nitrogens is 1. The van der Waals surface area contributed by atoms with Crippen LogP contribution in [0.25, 0.3) is 10.9 Å². The summed E-state index contributed by atoms with van der Waals surface area (Å²) in [6.07, 6.45) is 0.794. The molecule has 0 aliphatic carbocycles. The molecule has 3 heterocycles. The van der Waals surface area contributed by atoms with Gasteiger partial charge < -0.3 is 28.9 Å². The van der Waals surface area contributed by atoms with Crippen molar-refractivity contribution in [2.24, 2.45) is 0 Å². The molecule has 0 unspecified atom stereocenters. The quantitative estimate of drug-likeness (QED) is 0.780. The molecule has 0 saturated carbocycles. The van der Waals surface area contributed by atoms with Gasteiger partial charge in [-0.25, -0.2) is 9.78 Å². The summed E-state index contributed by atoms with van der Waals surface area (Å²) in [5.74, 6) is 1.57. The van der Waals surface area contributed by atoms with E-state index in [0.29, 0.717) is 86.4 Å². The van der Waals surface area contributed by atoms with E-state index in [2.05, 4.69) is 4.98 Å². The molecule has 10 nitrogen and oxygen atoms in total. The molecule has 2 saturated heterocycles. The van der Waals surface area contributed by atoms with Gasteiger partial charge in [0.25, 0.3) is 5.56 Å². The maximum absolute atomic E-state index is 12.9. The fourth-order valence-electron chi connectivity index (χ4n) is 4.26. The molecule has 0 spiro atoms. The third kappa shape index (κ3) is 4.12. The first-order chi connectivity index (χ1) is 15.0. The Morgan fingerprint density at radius 3 is 2.52 bits per heavy atom. The van der Waals surface area contributed by atoms with Crippen LogP contribution in [0.4, 0.5) is 10.7 Å². The van der Waals surface area contributed by atoms with Crippen LogP contribution in [0, 0.1) is 6.92 Å². The van der Waals surface area contributed by atoms with Crippen LogP contribution in [0.1, 0.15) is 12.0 Å². The number of ether oxygens (including phenoxy) is 3. The second-order valence-corrected chi connectivity index (χ2v) is 7.73. The van der Waals surface area contributed by atoms with Gasteiger partial charge in [-0.3, -0.25) is 9.78 Å². The number of aromatic amines is 1. The van der Waals surface area contributed by atoms with Gasteiger partial charge in [-0.15, -0.1) is 0 Å². The minimum atomic E-state index is -0.219. The summed E-state index contributed by atoms with van der Waals surface area (Å²) in [4.78, 5) is 39.1. The Morgan fingerprint density at radius 2 is 1.81 bits per heavy atom. The SMILES string of the molecule is COc1cc2nc(N3CCCN(C(=O)N4CCOCC4)CC3)[nH]c(=O)c2c(C)c1OC. The molecule has 0 bridgehead atoms. The summed E-state index contributed by atoms with van der Waals surface area (Å²) in [6, 6.07) is 1.78. The Morgan fingerprint density at radius 1 is 1.06 bits per heavy atom. The largest absolute Gasteiger partial charge is 0.493 e. The Labute approximate surface area is 180 Å². The van der Waals surface area contributed by atoms with Gasteiger partial charge in [-0.2, -0.15) is 0 Å². The van der Waals surface area contributed by atoms with Gasteiger partial charge in [-0.1, -0.05) is 0 Å². The third-order valence-corrected chi connectivity index (χ3v) is 5.91. The van der Waals surface area contributed by atoms with Crippen molar-refractivity contribution in [3.05, 3.63) is 22.0 Å². The molecule has 4 rings (SSSR count). The van der Waals surface area contributed by atoms with E-state index in [1.807, 2.05) is 21.6 Å². The number of hydrogen-bond donors (Lipinski definition) is 1. The normalized spacial score (nSPS) is 17.6. The number of morpholine rings is 1. The molecule has 1 N–H and O–H groups in total. The topological polar surface area (TPSA) is 100 Å². The van der Waals surface area contributed by atoms with Crippen LogP contribution in [0.5, 0.6) is 11.5 Å². The lowest BCUT2D eigenvalue weighted by molar-refractivity contribution is 0.0438. The lowest BCUT2D eigenvalue weighted by atomic mass is 10.1. The van der Waals surface area contributed by atoms with Crippen LogP contribution in [-0.4, -0.2) is 92.5 Å². The predicted molar refractivity (Wildman–Crippen MR) is 116 cm³/mol. The zero-order valence-electron chi connectivity index (χ0n) is 18.3. The molecule has 0 atom stereocenters. The van der Waals surface area contributed by atoms with Crippen molar-refractivity contribution in [1.82, 2.24) is 19.8 Å². The number of aryl methyl sites for hydroxylation is 1. The maximum Gasteiger partial charge on any atom is 0.320 e. The van der Waals surface area contributed by atoms with Crippen molar-refractivity contribution >= 4 is 22.9 Å². The van der Waals surface area contributed by atoms with Gasteiger partial charge in [0.2, 0.25) is 5.95 Å². The number of urea groups is 1. The number of benzene rings is 1. The standard InChI is InChI=1S/C21H29N5O5/c1-14-17-15(13-16(29-2)18(14)30-3)22-20(23-19(17)27)24-5-4-6-25(8-7-24)21(28)26-9-11-31-12-10-26/h13H,4-12H2,1-3H3,(H,22,23,27). The number of carbonyl (C=O) groups is 1. The maximum atomic E-state index is 12.9. The summed E-state index contributed by atoms with van der Waals surface area (Å²) in [7, 11) is 3.11. The Hall–Kier alpha value is -3.01. The van der Waals surface area contributed by atoms with Crippen molar-refractivity contribution in [1.29, 1.82) is 0 Å². The number of methoxy groups -OCH3 is 2. The number of amides is 2. The summed E-state index contributed by atoms with van der Waals surface area (Å²) in [5, 5.41) is 0.486. The van der Waals surface area contributed by atoms with E-state index in [1.54, 1.807) is 20.3 Å². The summed E-state index contributed by atoms with van der Waals surface area (Å²) >= 11 is 0. The molecule has 2 aromatic rings. The average molecular weight is 431 g/mol. The third-order valence-electron chi connectivity index (χ3n) is 5.91. The average Bonchev–Trinajstić information content (AvgIpc) is 3.05. The highest BCUT2D eigenvalue weighted by Gasteiger charge is 2.26. The smallest absolute Gasteiger partial charge is 0.320 e. The van der Waals surface area contributed by atoms with Crippen LogP contribution in [0.2, 0.25) is 0 Å². The summed E-state index contributed by atoms with van der Waals surface area (Å²) < 4.78 is 16.2. The fourth-order valence-corrected chi connectivity index (χ4v) is 4.26. The zero-order chi connectivity index (χ0) is 22.0. The molecule has 168 valence electrons. The minimum Gasteiger partial charge on any atom is -0.493 e. The van der Waals surface area contributed by atoms with Crippen molar-refractivity contribution < 1.29 is 19.0 Å². The molecular weight excluding hydrogens is 402 g/mol. The molecule has 31 heavy (non-hydrogen) atoms. The zero-order valence-corrected chi connectivity index (χ0v) is 18.3. The number of nitrogens with zero attached hydrogens (tertiary/aromatic N) is 4. The fraction of sp³-hybridized carbons (Fsp3) is 0.571. The van der Waals surface area contributed by atoms with Crippen LogP contribution < -0.4 is 19.9 Å². The van der Waals surface area contributed by atoms with Gasteiger partial charge in [0.05, 0.1) is 38.3 Å². The van der Waals surface area contributed by atoms with Crippen LogP contribution in [0.3, 0.4) is 0 Å². The van der Waals surface area contributed by atoms with Gasteiger partial charge in [0.1, 0.15) is 0 Å². The van der Waals surface area contributed by atoms with Crippen molar-refractivity contribution in [3.8, 4) is 11.5 Å². The highest BCUT2D eigenvalue weighted by Crippen LogP contribution is 2.35. The lowest BCUT2D eigenvalue weighted by Crippen LogP contribution is -2.49. The Balaban J connectivity index is 1.57. The van der Waals surface area contributed by atoms with Crippen LogP contribution >= 0.6 is 0 Å². The molecule has 0 radical (unpaired) electrons. The number of fused-ring (bicyclic) bond motifs is 1. The first-order valence-electron chi connectivity index (χ1n) is 10.6. The van der Waals surface area contributed by atoms with E-state index < -0.39 is 0 Å². The molecule has 10 heteroatoms. The summed E-state index contributed by atoms with van der Waals surface area (Å²) in [5.41, 5.74) is 1.03. The molecule has 2 amide bonds. The van der Waals surface area contributed by atoms with Crippen molar-refractivity contribution in [3.63, 3.8) is 0 Å². The summed E-state index contributed by atoms with van der Waals surface area (Å²) in [6.45, 7) is 6.79. The first kappa shape index (κ1) is 21.2. The van der Waals surface area contributed by atoms with Gasteiger partial charge in [0.15, 0.2) is 11.5 Å². The molecule has 2 aliphatic rings. The van der Waals surface area contributed by atoms with Crippen LogP contribution in [-0.2, 0) is 4.74 Å². The van der Waals surface area contributed by atoms with Gasteiger partial charge in [0, 0.05) is 50.9 Å². The lowest BCUT2D eigenvalue weighted by Gasteiger charge is -2.32. The number of anilines is 1. The van der Waals surface area contributed by atoms with Crippen molar-refractivity contribution in [2.45, 2.75) is 13.3 Å². The molecule has 1 aromatic heterocycles. The highest BCUT2D eigenvalue weighted by molar-refractivity contribution is 5.86. The number of hydrogen-bond acceptors (Lipinski definition) is 7.